The molecule has 0 atom stereocenters. The van der Waals surface area contributed by atoms with Gasteiger partial charge in [0.1, 0.15) is 17.1 Å². The predicted octanol–water partition coefficient (Wildman–Crippen LogP) is 4.25. The first kappa shape index (κ1) is 19.0. The van der Waals surface area contributed by atoms with Gasteiger partial charge in [0.05, 0.1) is 11.2 Å². The Kier molecular flexibility index (Phi) is 4.45. The first-order chi connectivity index (χ1) is 12.6. The lowest BCUT2D eigenvalue weighted by atomic mass is 9.75. The smallest absolute Gasteiger partial charge is 0.486 e. The minimum Gasteiger partial charge on any atom is -0.486 e. The van der Waals surface area contributed by atoms with Gasteiger partial charge >= 0.3 is 7.12 Å². The highest BCUT2D eigenvalue weighted by molar-refractivity contribution is 6.55. The fourth-order valence-corrected chi connectivity index (χ4v) is 4.10. The number of fused-ring (bicyclic) bond motifs is 1. The molecule has 27 heavy (non-hydrogen) atoms. The molecular formula is C21H29BFNO3. The first-order valence-electron chi connectivity index (χ1n) is 9.84. The molecule has 2 fully saturated rings. The largest absolute Gasteiger partial charge is 0.525 e. The summed E-state index contributed by atoms with van der Waals surface area (Å²) in [6.07, 6.45) is 2.32. The van der Waals surface area contributed by atoms with Crippen molar-refractivity contribution in [2.45, 2.75) is 63.8 Å². The maximum absolute atomic E-state index is 15.7. The highest BCUT2D eigenvalue weighted by Gasteiger charge is 2.54. The molecule has 3 aliphatic rings. The topological polar surface area (TPSA) is 30.9 Å². The summed E-state index contributed by atoms with van der Waals surface area (Å²) in [4.78, 5) is 2.29. The summed E-state index contributed by atoms with van der Waals surface area (Å²) in [6, 6.07) is 7.73. The number of hydrogen-bond acceptors (Lipinski definition) is 4. The van der Waals surface area contributed by atoms with Crippen molar-refractivity contribution >= 4 is 12.7 Å². The number of para-hydroxylation sites is 1. The van der Waals surface area contributed by atoms with Crippen molar-refractivity contribution in [1.82, 2.24) is 4.90 Å². The molecule has 0 unspecified atom stereocenters. The van der Waals surface area contributed by atoms with E-state index < -0.39 is 18.3 Å². The fraction of sp³-hybridized carbons (Fsp3) is 0.619. The third kappa shape index (κ3) is 3.22. The molecular weight excluding hydrogens is 344 g/mol. The van der Waals surface area contributed by atoms with Gasteiger partial charge in [0, 0.05) is 37.9 Å². The van der Waals surface area contributed by atoms with E-state index in [9.17, 15) is 0 Å². The number of halogens is 1. The maximum atomic E-state index is 15.7. The molecule has 4 nitrogen and oxygen atoms in total. The van der Waals surface area contributed by atoms with Gasteiger partial charge in [-0.3, -0.25) is 0 Å². The number of ether oxygens (including phenoxy) is 1. The molecule has 3 aliphatic heterocycles. The number of likely N-dealkylation sites (tertiary alicyclic amines) is 1. The molecule has 0 N–H and O–H groups in total. The zero-order valence-electron chi connectivity index (χ0n) is 17.0. The van der Waals surface area contributed by atoms with Crippen LogP contribution < -0.4 is 4.74 Å². The molecule has 0 amide bonds. The quantitative estimate of drug-likeness (QED) is 0.689. The highest BCUT2D eigenvalue weighted by atomic mass is 19.1. The second-order valence-electron chi connectivity index (χ2n) is 9.18. The summed E-state index contributed by atoms with van der Waals surface area (Å²) in [5.41, 5.74) is -0.314. The zero-order valence-corrected chi connectivity index (χ0v) is 17.0. The third-order valence-corrected chi connectivity index (χ3v) is 6.68. The zero-order chi connectivity index (χ0) is 19.4. The van der Waals surface area contributed by atoms with Crippen LogP contribution in [0.3, 0.4) is 0 Å². The van der Waals surface area contributed by atoms with Crippen LogP contribution >= 0.6 is 0 Å². The summed E-state index contributed by atoms with van der Waals surface area (Å²) in [6.45, 7) is 9.69. The van der Waals surface area contributed by atoms with Gasteiger partial charge in [-0.05, 0) is 46.4 Å². The Hall–Kier alpha value is -1.37. The van der Waals surface area contributed by atoms with Crippen LogP contribution in [-0.2, 0) is 9.31 Å². The van der Waals surface area contributed by atoms with Crippen molar-refractivity contribution < 1.29 is 18.4 Å². The standard InChI is InChI=1S/C21H29BFNO3/c1-19(2)20(3,4)27-22(26-19)18(23)16-14-21(10-12-24(5)13-11-21)25-17-9-7-6-8-15(16)17/h6-9H,10-14H2,1-5H3. The van der Waals surface area contributed by atoms with Crippen molar-refractivity contribution in [2.24, 2.45) is 0 Å². The minimum atomic E-state index is -0.973. The van der Waals surface area contributed by atoms with E-state index in [4.69, 9.17) is 14.0 Å². The van der Waals surface area contributed by atoms with Gasteiger partial charge < -0.3 is 18.9 Å². The molecule has 2 saturated heterocycles. The van der Waals surface area contributed by atoms with Crippen LogP contribution in [-0.4, -0.2) is 49.0 Å². The van der Waals surface area contributed by atoms with Crippen molar-refractivity contribution in [3.8, 4) is 5.75 Å². The number of benzene rings is 1. The number of hydrogen-bond donors (Lipinski definition) is 0. The van der Waals surface area contributed by atoms with Gasteiger partial charge in [-0.1, -0.05) is 18.2 Å². The van der Waals surface area contributed by atoms with Gasteiger partial charge in [0.2, 0.25) is 0 Å². The van der Waals surface area contributed by atoms with Crippen LogP contribution in [0.5, 0.6) is 5.75 Å². The molecule has 1 aromatic rings. The minimum absolute atomic E-state index is 0.317. The average molecular weight is 373 g/mol. The van der Waals surface area contributed by atoms with E-state index >= 15 is 4.39 Å². The Morgan fingerprint density at radius 2 is 1.63 bits per heavy atom. The number of nitrogens with zero attached hydrogens (tertiary/aromatic N) is 1. The Morgan fingerprint density at radius 1 is 1.04 bits per heavy atom. The number of piperidine rings is 1. The van der Waals surface area contributed by atoms with E-state index in [1.54, 1.807) is 0 Å². The lowest BCUT2D eigenvalue weighted by molar-refractivity contribution is 0.00578. The Morgan fingerprint density at radius 3 is 2.26 bits per heavy atom. The summed E-state index contributed by atoms with van der Waals surface area (Å²) in [5.74, 6) is 0.759. The van der Waals surface area contributed by atoms with Crippen molar-refractivity contribution in [3.63, 3.8) is 0 Å². The molecule has 1 aromatic carbocycles. The van der Waals surface area contributed by atoms with E-state index in [-0.39, 0.29) is 11.3 Å². The Bertz CT molecular complexity index is 752. The highest BCUT2D eigenvalue weighted by Crippen LogP contribution is 2.48. The lowest BCUT2D eigenvalue weighted by Crippen LogP contribution is -2.48. The Balaban J connectivity index is 1.73. The SMILES string of the molecule is CN1CCC2(CC1)CC(=C(F)B1OC(C)(C)C(C)(C)O1)c1ccccc1O2. The van der Waals surface area contributed by atoms with Gasteiger partial charge in [-0.15, -0.1) is 0 Å². The molecule has 146 valence electrons. The molecule has 0 saturated carbocycles. The van der Waals surface area contributed by atoms with Crippen LogP contribution in [0, 0.1) is 0 Å². The summed E-state index contributed by atoms with van der Waals surface area (Å²) < 4.78 is 34.1. The Labute approximate surface area is 161 Å². The average Bonchev–Trinajstić information content (AvgIpc) is 2.84. The molecule has 3 heterocycles. The maximum Gasteiger partial charge on any atom is 0.525 e. The second-order valence-corrected chi connectivity index (χ2v) is 9.18. The van der Waals surface area contributed by atoms with Gasteiger partial charge in [-0.25, -0.2) is 4.39 Å². The van der Waals surface area contributed by atoms with Crippen LogP contribution in [0.15, 0.2) is 30.0 Å². The second kappa shape index (κ2) is 6.33. The third-order valence-electron chi connectivity index (χ3n) is 6.68. The first-order valence-corrected chi connectivity index (χ1v) is 9.84. The van der Waals surface area contributed by atoms with Crippen LogP contribution in [0.2, 0.25) is 0 Å². The van der Waals surface area contributed by atoms with Gasteiger partial charge in [0.25, 0.3) is 0 Å². The van der Waals surface area contributed by atoms with E-state index in [0.29, 0.717) is 12.0 Å². The normalized spacial score (nSPS) is 28.0. The van der Waals surface area contributed by atoms with Gasteiger partial charge in [0.15, 0.2) is 0 Å². The van der Waals surface area contributed by atoms with Crippen molar-refractivity contribution in [3.05, 3.63) is 35.6 Å². The van der Waals surface area contributed by atoms with E-state index in [1.807, 2.05) is 52.0 Å². The van der Waals surface area contributed by atoms with Crippen LogP contribution in [0.4, 0.5) is 4.39 Å². The van der Waals surface area contributed by atoms with E-state index in [2.05, 4.69) is 11.9 Å². The van der Waals surface area contributed by atoms with Crippen LogP contribution in [0.25, 0.3) is 5.57 Å². The number of rotatable bonds is 1. The monoisotopic (exact) mass is 373 g/mol. The summed E-state index contributed by atoms with van der Waals surface area (Å²) in [7, 11) is 1.14. The molecule has 0 bridgehead atoms. The van der Waals surface area contributed by atoms with E-state index in [1.165, 1.54) is 0 Å². The summed E-state index contributed by atoms with van der Waals surface area (Å²) in [5, 5.41) is 0. The van der Waals surface area contributed by atoms with Crippen LogP contribution in [0.1, 0.15) is 52.5 Å². The van der Waals surface area contributed by atoms with Gasteiger partial charge in [-0.2, -0.15) is 0 Å². The predicted molar refractivity (Wildman–Crippen MR) is 105 cm³/mol. The lowest BCUT2D eigenvalue weighted by Gasteiger charge is -2.44. The molecule has 0 aromatic heterocycles. The van der Waals surface area contributed by atoms with Crippen molar-refractivity contribution in [2.75, 3.05) is 20.1 Å². The molecule has 4 rings (SSSR count). The summed E-state index contributed by atoms with van der Waals surface area (Å²) >= 11 is 0. The van der Waals surface area contributed by atoms with Crippen molar-refractivity contribution in [1.29, 1.82) is 0 Å². The molecule has 6 heteroatoms. The molecule has 1 spiro atoms. The van der Waals surface area contributed by atoms with E-state index in [0.717, 1.165) is 37.2 Å². The fourth-order valence-electron chi connectivity index (χ4n) is 4.10. The molecule has 0 aliphatic carbocycles. The molecule has 0 radical (unpaired) electrons.